The van der Waals surface area contributed by atoms with Crippen molar-refractivity contribution >= 4 is 16.8 Å². The quantitative estimate of drug-likeness (QED) is 0.664. The Labute approximate surface area is 185 Å². The molecule has 0 radical (unpaired) electrons. The largest absolute Gasteiger partial charge is 0.336 e. The summed E-state index contributed by atoms with van der Waals surface area (Å²) >= 11 is 0. The number of benzene rings is 2. The molecule has 1 N–H and O–H groups in total. The van der Waals surface area contributed by atoms with Crippen molar-refractivity contribution in [3.8, 4) is 0 Å². The molecule has 0 unspecified atom stereocenters. The number of para-hydroxylation sites is 1. The minimum absolute atomic E-state index is 0.00378. The Morgan fingerprint density at radius 1 is 1.12 bits per heavy atom. The number of hydrogen-bond acceptors (Lipinski definition) is 4. The predicted octanol–water partition coefficient (Wildman–Crippen LogP) is 2.43. The van der Waals surface area contributed by atoms with E-state index in [2.05, 4.69) is 23.7 Å². The standard InChI is InChI=1S/C24H27FN4O3/c1-3-17-15-28(12-11-27(17)4-2)23(31)19-13-16(9-10-20(19)25)14-29-21-8-6-5-7-18(21)22(30)26-24(29)32/h5-10,13,17H,3-4,11-12,14-15H2,1-2H3,(H,26,30,32)/t17-/m1/s1. The second-order valence-corrected chi connectivity index (χ2v) is 8.12. The van der Waals surface area contributed by atoms with Gasteiger partial charge in [0.15, 0.2) is 0 Å². The maximum Gasteiger partial charge on any atom is 0.329 e. The molecule has 2 aromatic carbocycles. The van der Waals surface area contributed by atoms with Gasteiger partial charge < -0.3 is 4.90 Å². The number of likely N-dealkylation sites (N-methyl/N-ethyl adjacent to an activating group) is 1. The molecule has 4 rings (SSSR count). The fraction of sp³-hybridized carbons (Fsp3) is 0.375. The van der Waals surface area contributed by atoms with E-state index in [1.54, 1.807) is 35.2 Å². The zero-order valence-electron chi connectivity index (χ0n) is 18.3. The summed E-state index contributed by atoms with van der Waals surface area (Å²) < 4.78 is 16.1. The van der Waals surface area contributed by atoms with Crippen LogP contribution in [0.15, 0.2) is 52.1 Å². The molecule has 0 spiro atoms. The first kappa shape index (κ1) is 22.0. The molecule has 1 atom stereocenters. The van der Waals surface area contributed by atoms with Gasteiger partial charge in [-0.3, -0.25) is 24.0 Å². The van der Waals surface area contributed by atoms with E-state index in [4.69, 9.17) is 0 Å². The first-order chi connectivity index (χ1) is 15.4. The fourth-order valence-electron chi connectivity index (χ4n) is 4.47. The van der Waals surface area contributed by atoms with Crippen LogP contribution in [0.1, 0.15) is 36.2 Å². The molecule has 1 aromatic heterocycles. The highest BCUT2D eigenvalue weighted by Gasteiger charge is 2.29. The van der Waals surface area contributed by atoms with Crippen LogP contribution in [0.25, 0.3) is 10.9 Å². The van der Waals surface area contributed by atoms with Crippen molar-refractivity contribution in [2.75, 3.05) is 26.2 Å². The van der Waals surface area contributed by atoms with Gasteiger partial charge in [0.2, 0.25) is 0 Å². The summed E-state index contributed by atoms with van der Waals surface area (Å²) in [6.45, 7) is 7.11. The molecule has 8 heteroatoms. The van der Waals surface area contributed by atoms with Gasteiger partial charge in [0.25, 0.3) is 11.5 Å². The zero-order valence-corrected chi connectivity index (χ0v) is 18.3. The SMILES string of the molecule is CC[C@@H]1CN(C(=O)c2cc(Cn3c(=O)[nH]c(=O)c4ccccc43)ccc2F)CCN1CC. The topological polar surface area (TPSA) is 78.4 Å². The second kappa shape index (κ2) is 9.08. The summed E-state index contributed by atoms with van der Waals surface area (Å²) in [7, 11) is 0. The van der Waals surface area contributed by atoms with E-state index in [0.29, 0.717) is 29.6 Å². The highest BCUT2D eigenvalue weighted by atomic mass is 19.1. The Bertz CT molecular complexity index is 1270. The van der Waals surface area contributed by atoms with Gasteiger partial charge in [-0.2, -0.15) is 0 Å². The lowest BCUT2D eigenvalue weighted by molar-refractivity contribution is 0.0485. The Morgan fingerprint density at radius 2 is 1.91 bits per heavy atom. The molecular formula is C24H27FN4O3. The number of amides is 1. The number of hydrogen-bond donors (Lipinski definition) is 1. The molecule has 0 saturated carbocycles. The molecule has 1 amide bonds. The second-order valence-electron chi connectivity index (χ2n) is 8.12. The van der Waals surface area contributed by atoms with Crippen LogP contribution < -0.4 is 11.2 Å². The third kappa shape index (κ3) is 4.10. The van der Waals surface area contributed by atoms with Gasteiger partial charge in [-0.15, -0.1) is 0 Å². The molecular weight excluding hydrogens is 411 g/mol. The number of aromatic nitrogens is 2. The van der Waals surface area contributed by atoms with Gasteiger partial charge in [-0.05, 0) is 42.8 Å². The normalized spacial score (nSPS) is 17.1. The van der Waals surface area contributed by atoms with Crippen LogP contribution in [-0.2, 0) is 6.54 Å². The lowest BCUT2D eigenvalue weighted by Gasteiger charge is -2.40. The average molecular weight is 439 g/mol. The van der Waals surface area contributed by atoms with E-state index in [1.807, 2.05) is 0 Å². The molecule has 1 aliphatic heterocycles. The van der Waals surface area contributed by atoms with Crippen molar-refractivity contribution in [3.05, 3.63) is 80.2 Å². The van der Waals surface area contributed by atoms with Crippen molar-refractivity contribution in [1.29, 1.82) is 0 Å². The number of nitrogens with zero attached hydrogens (tertiary/aromatic N) is 3. The van der Waals surface area contributed by atoms with Gasteiger partial charge in [-0.25, -0.2) is 9.18 Å². The van der Waals surface area contributed by atoms with E-state index in [1.165, 1.54) is 16.7 Å². The number of fused-ring (bicyclic) bond motifs is 1. The first-order valence-corrected chi connectivity index (χ1v) is 11.0. The minimum Gasteiger partial charge on any atom is -0.336 e. The van der Waals surface area contributed by atoms with Crippen LogP contribution in [0.4, 0.5) is 4.39 Å². The highest BCUT2D eigenvalue weighted by Crippen LogP contribution is 2.19. The van der Waals surface area contributed by atoms with E-state index in [-0.39, 0.29) is 24.1 Å². The number of carbonyl (C=O) groups is 1. The monoisotopic (exact) mass is 438 g/mol. The van der Waals surface area contributed by atoms with Gasteiger partial charge in [0.1, 0.15) is 5.82 Å². The molecule has 168 valence electrons. The maximum atomic E-state index is 14.6. The first-order valence-electron chi connectivity index (χ1n) is 11.0. The smallest absolute Gasteiger partial charge is 0.329 e. The lowest BCUT2D eigenvalue weighted by atomic mass is 10.1. The van der Waals surface area contributed by atoms with Crippen molar-refractivity contribution in [3.63, 3.8) is 0 Å². The summed E-state index contributed by atoms with van der Waals surface area (Å²) in [6.07, 6.45) is 0.919. The van der Waals surface area contributed by atoms with Gasteiger partial charge in [0.05, 0.1) is 23.0 Å². The third-order valence-corrected chi connectivity index (χ3v) is 6.28. The van der Waals surface area contributed by atoms with E-state index >= 15 is 0 Å². The number of halogens is 1. The Morgan fingerprint density at radius 3 is 2.66 bits per heavy atom. The van der Waals surface area contributed by atoms with Crippen molar-refractivity contribution in [2.45, 2.75) is 32.9 Å². The van der Waals surface area contributed by atoms with Crippen LogP contribution in [0.2, 0.25) is 0 Å². The molecule has 2 heterocycles. The van der Waals surface area contributed by atoms with Crippen LogP contribution in [0.3, 0.4) is 0 Å². The molecule has 7 nitrogen and oxygen atoms in total. The molecule has 0 bridgehead atoms. The van der Waals surface area contributed by atoms with Crippen LogP contribution in [0, 0.1) is 5.82 Å². The van der Waals surface area contributed by atoms with Gasteiger partial charge in [-0.1, -0.05) is 32.0 Å². The van der Waals surface area contributed by atoms with Crippen LogP contribution in [-0.4, -0.2) is 57.5 Å². The molecule has 1 saturated heterocycles. The molecule has 3 aromatic rings. The minimum atomic E-state index is -0.580. The summed E-state index contributed by atoms with van der Waals surface area (Å²) in [5, 5.41) is 0.393. The Hall–Kier alpha value is -3.26. The van der Waals surface area contributed by atoms with E-state index in [9.17, 15) is 18.8 Å². The van der Waals surface area contributed by atoms with Crippen molar-refractivity contribution in [1.82, 2.24) is 19.4 Å². The number of nitrogens with one attached hydrogen (secondary N) is 1. The van der Waals surface area contributed by atoms with E-state index < -0.39 is 17.1 Å². The maximum absolute atomic E-state index is 14.6. The molecule has 32 heavy (non-hydrogen) atoms. The van der Waals surface area contributed by atoms with E-state index in [0.717, 1.165) is 19.5 Å². The summed E-state index contributed by atoms with van der Waals surface area (Å²) in [5.41, 5.74) is 0.0956. The van der Waals surface area contributed by atoms with Gasteiger partial charge in [0, 0.05) is 25.7 Å². The Kier molecular flexibility index (Phi) is 6.23. The Balaban J connectivity index is 1.65. The number of carbonyl (C=O) groups excluding carboxylic acids is 1. The van der Waals surface area contributed by atoms with Gasteiger partial charge >= 0.3 is 5.69 Å². The molecule has 0 aliphatic carbocycles. The van der Waals surface area contributed by atoms with Crippen molar-refractivity contribution < 1.29 is 9.18 Å². The number of aromatic amines is 1. The van der Waals surface area contributed by atoms with Crippen LogP contribution in [0.5, 0.6) is 0 Å². The fourth-order valence-corrected chi connectivity index (χ4v) is 4.47. The number of piperazine rings is 1. The lowest BCUT2D eigenvalue weighted by Crippen LogP contribution is -2.54. The molecule has 1 fully saturated rings. The highest BCUT2D eigenvalue weighted by molar-refractivity contribution is 5.94. The van der Waals surface area contributed by atoms with Crippen molar-refractivity contribution in [2.24, 2.45) is 0 Å². The third-order valence-electron chi connectivity index (χ3n) is 6.28. The number of H-pyrrole nitrogens is 1. The summed E-state index contributed by atoms with van der Waals surface area (Å²) in [4.78, 5) is 44.1. The zero-order chi connectivity index (χ0) is 22.8. The molecule has 1 aliphatic rings. The summed E-state index contributed by atoms with van der Waals surface area (Å²) in [6, 6.07) is 11.4. The number of rotatable bonds is 5. The van der Waals surface area contributed by atoms with Crippen LogP contribution >= 0.6 is 0 Å². The average Bonchev–Trinajstić information content (AvgIpc) is 2.81. The predicted molar refractivity (Wildman–Crippen MR) is 122 cm³/mol. The summed E-state index contributed by atoms with van der Waals surface area (Å²) in [5.74, 6) is -0.916.